The van der Waals surface area contributed by atoms with E-state index in [0.29, 0.717) is 5.56 Å². The van der Waals surface area contributed by atoms with Crippen LogP contribution >= 0.6 is 0 Å². The van der Waals surface area contributed by atoms with Crippen molar-refractivity contribution in [3.05, 3.63) is 65.0 Å². The van der Waals surface area contributed by atoms with Crippen LogP contribution in [0.25, 0.3) is 0 Å². The molecule has 0 bridgehead atoms. The highest BCUT2D eigenvalue weighted by atomic mass is 16.5. The third-order valence-electron chi connectivity index (χ3n) is 2.92. The van der Waals surface area contributed by atoms with Crippen LogP contribution in [0.4, 0.5) is 0 Å². The minimum absolute atomic E-state index is 0.0937. The smallest absolute Gasteiger partial charge is 0.356 e. The number of esters is 1. The lowest BCUT2D eigenvalue weighted by Crippen LogP contribution is -2.09. The molecule has 0 aliphatic carbocycles. The van der Waals surface area contributed by atoms with E-state index in [1.54, 1.807) is 12.1 Å². The number of carbonyl (C=O) groups is 2. The van der Waals surface area contributed by atoms with Crippen molar-refractivity contribution in [2.45, 2.75) is 6.10 Å². The van der Waals surface area contributed by atoms with Crippen LogP contribution in [-0.4, -0.2) is 34.2 Å². The largest absolute Gasteiger partial charge is 0.478 e. The van der Waals surface area contributed by atoms with Crippen molar-refractivity contribution < 1.29 is 24.5 Å². The number of carboxylic acids is 1. The third kappa shape index (κ3) is 3.24. The molecule has 21 heavy (non-hydrogen) atoms. The molecule has 2 N–H and O–H groups in total. The number of hydrogen-bond acceptors (Lipinski definition) is 5. The van der Waals surface area contributed by atoms with Gasteiger partial charge in [-0.3, -0.25) is 0 Å². The highest BCUT2D eigenvalue weighted by molar-refractivity contribution is 5.87. The first kappa shape index (κ1) is 14.7. The van der Waals surface area contributed by atoms with Crippen molar-refractivity contribution in [1.29, 1.82) is 0 Å². The molecule has 0 aliphatic rings. The Kier molecular flexibility index (Phi) is 4.30. The van der Waals surface area contributed by atoms with Crippen LogP contribution in [-0.2, 0) is 4.74 Å². The summed E-state index contributed by atoms with van der Waals surface area (Å²) < 4.78 is 4.57. The predicted molar refractivity (Wildman–Crippen MR) is 73.0 cm³/mol. The Bertz CT molecular complexity index is 666. The van der Waals surface area contributed by atoms with Crippen molar-refractivity contribution in [1.82, 2.24) is 4.98 Å². The van der Waals surface area contributed by atoms with Gasteiger partial charge in [0.25, 0.3) is 0 Å². The van der Waals surface area contributed by atoms with E-state index in [-0.39, 0.29) is 17.0 Å². The molecule has 1 unspecified atom stereocenters. The third-order valence-corrected chi connectivity index (χ3v) is 2.92. The van der Waals surface area contributed by atoms with Crippen LogP contribution in [0.15, 0.2) is 42.5 Å². The topological polar surface area (TPSA) is 96.7 Å². The number of benzene rings is 1. The number of aromatic carboxylic acids is 1. The van der Waals surface area contributed by atoms with Crippen molar-refractivity contribution in [3.8, 4) is 0 Å². The zero-order chi connectivity index (χ0) is 15.4. The van der Waals surface area contributed by atoms with Crippen LogP contribution < -0.4 is 0 Å². The molecule has 108 valence electrons. The summed E-state index contributed by atoms with van der Waals surface area (Å²) in [7, 11) is 1.25. The minimum Gasteiger partial charge on any atom is -0.478 e. The molecular weight excluding hydrogens is 274 g/mol. The molecule has 0 saturated heterocycles. The van der Waals surface area contributed by atoms with Crippen molar-refractivity contribution in [2.24, 2.45) is 0 Å². The number of rotatable bonds is 4. The maximum atomic E-state index is 11.4. The fourth-order valence-corrected chi connectivity index (χ4v) is 1.80. The number of aromatic nitrogens is 1. The number of pyridine rings is 1. The van der Waals surface area contributed by atoms with Crippen LogP contribution in [0.1, 0.15) is 38.2 Å². The number of ether oxygens (including phenoxy) is 1. The standard InChI is InChI=1S/C15H13NO5/c1-21-15(20)12-4-2-3-11(16-12)13(17)9-5-7-10(8-6-9)14(18)19/h2-8,13,17H,1H3,(H,18,19). The molecule has 0 radical (unpaired) electrons. The van der Waals surface area contributed by atoms with Gasteiger partial charge in [-0.05, 0) is 29.8 Å². The SMILES string of the molecule is COC(=O)c1cccc(C(O)c2ccc(C(=O)O)cc2)n1. The molecule has 1 aromatic heterocycles. The molecule has 0 saturated carbocycles. The molecule has 0 spiro atoms. The Morgan fingerprint density at radius 1 is 1.14 bits per heavy atom. The molecule has 1 aromatic carbocycles. The Morgan fingerprint density at radius 2 is 1.81 bits per heavy atom. The summed E-state index contributed by atoms with van der Waals surface area (Å²) in [6, 6.07) is 10.4. The van der Waals surface area contributed by atoms with E-state index in [1.807, 2.05) is 0 Å². The van der Waals surface area contributed by atoms with Gasteiger partial charge in [0.15, 0.2) is 0 Å². The number of nitrogens with zero attached hydrogens (tertiary/aromatic N) is 1. The molecule has 0 amide bonds. The van der Waals surface area contributed by atoms with E-state index < -0.39 is 18.0 Å². The molecule has 0 aliphatic heterocycles. The van der Waals surface area contributed by atoms with E-state index in [2.05, 4.69) is 9.72 Å². The van der Waals surface area contributed by atoms with Crippen molar-refractivity contribution in [3.63, 3.8) is 0 Å². The van der Waals surface area contributed by atoms with E-state index in [9.17, 15) is 14.7 Å². The van der Waals surface area contributed by atoms with E-state index >= 15 is 0 Å². The number of carboxylic acid groups (broad SMARTS) is 1. The highest BCUT2D eigenvalue weighted by Crippen LogP contribution is 2.21. The average molecular weight is 287 g/mol. The van der Waals surface area contributed by atoms with E-state index in [0.717, 1.165) is 0 Å². The number of aliphatic hydroxyl groups is 1. The van der Waals surface area contributed by atoms with Crippen LogP contribution in [0.2, 0.25) is 0 Å². The van der Waals surface area contributed by atoms with Gasteiger partial charge in [-0.25, -0.2) is 14.6 Å². The summed E-state index contributed by atoms with van der Waals surface area (Å²) in [4.78, 5) is 26.2. The van der Waals surface area contributed by atoms with Gasteiger partial charge in [-0.1, -0.05) is 18.2 Å². The molecule has 6 nitrogen and oxygen atoms in total. The number of hydrogen-bond donors (Lipinski definition) is 2. The van der Waals surface area contributed by atoms with Crippen LogP contribution in [0.5, 0.6) is 0 Å². The fraction of sp³-hybridized carbons (Fsp3) is 0.133. The minimum atomic E-state index is -1.06. The second-order valence-corrected chi connectivity index (χ2v) is 4.27. The van der Waals surface area contributed by atoms with Gasteiger partial charge in [0.1, 0.15) is 11.8 Å². The summed E-state index contributed by atoms with van der Waals surface area (Å²) >= 11 is 0. The lowest BCUT2D eigenvalue weighted by Gasteiger charge is -2.11. The maximum Gasteiger partial charge on any atom is 0.356 e. The normalized spacial score (nSPS) is 11.7. The lowest BCUT2D eigenvalue weighted by molar-refractivity contribution is 0.0592. The van der Waals surface area contributed by atoms with Crippen molar-refractivity contribution >= 4 is 11.9 Å². The van der Waals surface area contributed by atoms with Gasteiger partial charge in [0, 0.05) is 0 Å². The first-order valence-electron chi connectivity index (χ1n) is 6.09. The summed E-state index contributed by atoms with van der Waals surface area (Å²) in [5.41, 5.74) is 0.980. The summed E-state index contributed by atoms with van der Waals surface area (Å²) in [5, 5.41) is 19.1. The summed E-state index contributed by atoms with van der Waals surface area (Å²) in [6.45, 7) is 0. The van der Waals surface area contributed by atoms with Gasteiger partial charge in [0.2, 0.25) is 0 Å². The first-order chi connectivity index (χ1) is 10.0. The number of aliphatic hydroxyl groups excluding tert-OH is 1. The quantitative estimate of drug-likeness (QED) is 0.830. The zero-order valence-electron chi connectivity index (χ0n) is 11.2. The Hall–Kier alpha value is -2.73. The molecule has 2 aromatic rings. The van der Waals surface area contributed by atoms with Crippen LogP contribution in [0, 0.1) is 0 Å². The molecule has 1 heterocycles. The lowest BCUT2D eigenvalue weighted by atomic mass is 10.0. The fourth-order valence-electron chi connectivity index (χ4n) is 1.80. The van der Waals surface area contributed by atoms with Gasteiger partial charge in [-0.15, -0.1) is 0 Å². The second kappa shape index (κ2) is 6.15. The molecule has 6 heteroatoms. The molecule has 2 rings (SSSR count). The van der Waals surface area contributed by atoms with Crippen molar-refractivity contribution in [2.75, 3.05) is 7.11 Å². The highest BCUT2D eigenvalue weighted by Gasteiger charge is 2.15. The zero-order valence-corrected chi connectivity index (χ0v) is 11.2. The Balaban J connectivity index is 2.29. The summed E-state index contributed by atoms with van der Waals surface area (Å²) in [6.07, 6.45) is -1.06. The van der Waals surface area contributed by atoms with Crippen LogP contribution in [0.3, 0.4) is 0 Å². The predicted octanol–water partition coefficient (Wildman–Crippen LogP) is 1.65. The number of methoxy groups -OCH3 is 1. The second-order valence-electron chi connectivity index (χ2n) is 4.27. The molecule has 1 atom stereocenters. The summed E-state index contributed by atoms with van der Waals surface area (Å²) in [5.74, 6) is -1.63. The number of carbonyl (C=O) groups excluding carboxylic acids is 1. The van der Waals surface area contributed by atoms with Gasteiger partial charge in [-0.2, -0.15) is 0 Å². The van der Waals surface area contributed by atoms with Gasteiger partial charge >= 0.3 is 11.9 Å². The Morgan fingerprint density at radius 3 is 2.38 bits per heavy atom. The average Bonchev–Trinajstić information content (AvgIpc) is 2.53. The van der Waals surface area contributed by atoms with Gasteiger partial charge in [0.05, 0.1) is 18.4 Å². The maximum absolute atomic E-state index is 11.4. The van der Waals surface area contributed by atoms with E-state index in [4.69, 9.17) is 5.11 Å². The first-order valence-corrected chi connectivity index (χ1v) is 6.09. The van der Waals surface area contributed by atoms with E-state index in [1.165, 1.54) is 37.4 Å². The van der Waals surface area contributed by atoms with Gasteiger partial charge < -0.3 is 14.9 Å². The molecule has 0 fully saturated rings. The monoisotopic (exact) mass is 287 g/mol. The molecular formula is C15H13NO5. The Labute approximate surface area is 120 Å².